The van der Waals surface area contributed by atoms with E-state index in [-0.39, 0.29) is 23.7 Å². The minimum atomic E-state index is -1.61. The molecular weight excluding hydrogens is 326 g/mol. The van der Waals surface area contributed by atoms with Crippen molar-refractivity contribution in [2.45, 2.75) is 44.9 Å². The van der Waals surface area contributed by atoms with E-state index in [2.05, 4.69) is 13.8 Å². The van der Waals surface area contributed by atoms with E-state index < -0.39 is 29.1 Å². The number of aromatic hydroxyl groups is 3. The first-order chi connectivity index (χ1) is 11.7. The summed E-state index contributed by atoms with van der Waals surface area (Å²) < 4.78 is 5.00. The van der Waals surface area contributed by atoms with Crippen molar-refractivity contribution in [3.63, 3.8) is 0 Å². The molecule has 3 unspecified atom stereocenters. The van der Waals surface area contributed by atoms with Crippen LogP contribution in [0.15, 0.2) is 0 Å². The van der Waals surface area contributed by atoms with Gasteiger partial charge in [-0.05, 0) is 24.7 Å². The van der Waals surface area contributed by atoms with Crippen molar-refractivity contribution in [2.24, 2.45) is 11.8 Å². The molecule has 0 aromatic heterocycles. The predicted octanol–water partition coefficient (Wildman–Crippen LogP) is 1.24. The Morgan fingerprint density at radius 1 is 1.20 bits per heavy atom. The molecule has 1 aromatic carbocycles. The number of phenols is 3. The molecule has 0 bridgehead atoms. The largest absolute Gasteiger partial charge is 0.504 e. The van der Waals surface area contributed by atoms with Crippen LogP contribution in [0, 0.1) is 11.8 Å². The summed E-state index contributed by atoms with van der Waals surface area (Å²) >= 11 is 0. The highest BCUT2D eigenvalue weighted by Crippen LogP contribution is 2.55. The Balaban J connectivity index is 2.08. The zero-order valence-corrected chi connectivity index (χ0v) is 14.9. The van der Waals surface area contributed by atoms with Crippen molar-refractivity contribution in [1.82, 2.24) is 4.90 Å². The molecule has 2 heterocycles. The normalized spacial score (nSPS) is 29.4. The second-order valence-corrected chi connectivity index (χ2v) is 7.61. The van der Waals surface area contributed by atoms with Crippen molar-refractivity contribution in [3.8, 4) is 23.0 Å². The Bertz CT molecular complexity index is 676. The van der Waals surface area contributed by atoms with E-state index in [1.54, 1.807) is 0 Å². The summed E-state index contributed by atoms with van der Waals surface area (Å²) in [5, 5.41) is 52.8. The minimum absolute atomic E-state index is 0.0261. The third kappa shape index (κ3) is 2.70. The molecular formula is C18H27NO6. The van der Waals surface area contributed by atoms with Crippen LogP contribution in [0.25, 0.3) is 0 Å². The Morgan fingerprint density at radius 2 is 1.88 bits per heavy atom. The molecule has 2 aliphatic rings. The fourth-order valence-electron chi connectivity index (χ4n) is 4.37. The number of benzene rings is 1. The number of nitrogens with zero attached hydrogens (tertiary/aromatic N) is 1. The summed E-state index contributed by atoms with van der Waals surface area (Å²) in [7, 11) is 1.26. The second kappa shape index (κ2) is 6.23. The van der Waals surface area contributed by atoms with Gasteiger partial charge in [-0.15, -0.1) is 0 Å². The number of hydrogen-bond donors (Lipinski definition) is 5. The number of ether oxygens (including phenoxy) is 1. The number of rotatable bonds is 3. The lowest BCUT2D eigenvalue weighted by molar-refractivity contribution is -0.191. The fraction of sp³-hybridized carbons (Fsp3) is 0.667. The average Bonchev–Trinajstić information content (AvgIpc) is 2.52. The third-order valence-corrected chi connectivity index (χ3v) is 5.51. The van der Waals surface area contributed by atoms with Gasteiger partial charge >= 0.3 is 0 Å². The van der Waals surface area contributed by atoms with E-state index in [1.165, 1.54) is 7.11 Å². The highest BCUT2D eigenvalue weighted by atomic mass is 16.5. The topological polar surface area (TPSA) is 114 Å². The Hall–Kier alpha value is -1.70. The number of phenolic OH excluding ortho intramolecular Hbond substituents is 3. The summed E-state index contributed by atoms with van der Waals surface area (Å²) in [5.41, 5.74) is -1.19. The van der Waals surface area contributed by atoms with Gasteiger partial charge in [-0.3, -0.25) is 4.90 Å². The molecule has 0 radical (unpaired) electrons. The summed E-state index contributed by atoms with van der Waals surface area (Å²) in [6, 6.07) is 0. The summed E-state index contributed by atoms with van der Waals surface area (Å²) in [5.74, 6) is -1.13. The molecule has 5 N–H and O–H groups in total. The Morgan fingerprint density at radius 3 is 2.48 bits per heavy atom. The quantitative estimate of drug-likeness (QED) is 0.410. The molecule has 7 nitrogen and oxygen atoms in total. The lowest BCUT2D eigenvalue weighted by Crippen LogP contribution is -2.59. The Labute approximate surface area is 147 Å². The first-order valence-corrected chi connectivity index (χ1v) is 8.70. The number of aliphatic hydroxyl groups is 2. The van der Waals surface area contributed by atoms with Crippen molar-refractivity contribution in [2.75, 3.05) is 20.2 Å². The average molecular weight is 353 g/mol. The van der Waals surface area contributed by atoms with Gasteiger partial charge in [0.05, 0.1) is 18.8 Å². The van der Waals surface area contributed by atoms with Gasteiger partial charge in [0.2, 0.25) is 11.5 Å². The molecule has 1 saturated heterocycles. The smallest absolute Gasteiger partial charge is 0.207 e. The maximum Gasteiger partial charge on any atom is 0.207 e. The molecule has 1 aromatic rings. The van der Waals surface area contributed by atoms with E-state index in [9.17, 15) is 25.5 Å². The van der Waals surface area contributed by atoms with Gasteiger partial charge in [0.1, 0.15) is 0 Å². The highest BCUT2D eigenvalue weighted by molar-refractivity contribution is 5.67. The SMILES string of the molecule is COc1c(O)c(O)c2c(c1O)C1(O)CC(O)C(CC(C)C)CN1CC2. The highest BCUT2D eigenvalue weighted by Gasteiger charge is 2.51. The number of piperidine rings is 1. The maximum absolute atomic E-state index is 11.3. The number of hydrogen-bond acceptors (Lipinski definition) is 7. The molecule has 1 fully saturated rings. The fourth-order valence-corrected chi connectivity index (χ4v) is 4.37. The zero-order chi connectivity index (χ0) is 18.5. The van der Waals surface area contributed by atoms with Crippen molar-refractivity contribution in [1.29, 1.82) is 0 Å². The predicted molar refractivity (Wildman–Crippen MR) is 90.7 cm³/mol. The van der Waals surface area contributed by atoms with Gasteiger partial charge in [-0.2, -0.15) is 0 Å². The minimum Gasteiger partial charge on any atom is -0.504 e. The van der Waals surface area contributed by atoms with Crippen molar-refractivity contribution in [3.05, 3.63) is 11.1 Å². The summed E-state index contributed by atoms with van der Waals surface area (Å²) in [6.07, 6.45) is 0.518. The van der Waals surface area contributed by atoms with E-state index in [4.69, 9.17) is 4.74 Å². The van der Waals surface area contributed by atoms with E-state index in [1.807, 2.05) is 4.90 Å². The van der Waals surface area contributed by atoms with Crippen LogP contribution in [0.3, 0.4) is 0 Å². The summed E-state index contributed by atoms with van der Waals surface area (Å²) in [6.45, 7) is 5.15. The maximum atomic E-state index is 11.3. The van der Waals surface area contributed by atoms with Gasteiger partial charge in [-0.25, -0.2) is 0 Å². The lowest BCUT2D eigenvalue weighted by atomic mass is 9.76. The number of fused-ring (bicyclic) bond motifs is 3. The summed E-state index contributed by atoms with van der Waals surface area (Å²) in [4.78, 5) is 1.84. The first kappa shape index (κ1) is 18.1. The van der Waals surface area contributed by atoms with Crippen LogP contribution in [0.5, 0.6) is 23.0 Å². The molecule has 7 heteroatoms. The van der Waals surface area contributed by atoms with Gasteiger partial charge in [0.15, 0.2) is 17.2 Å². The molecule has 3 atom stereocenters. The lowest BCUT2D eigenvalue weighted by Gasteiger charge is -2.51. The number of aliphatic hydroxyl groups excluding tert-OH is 1. The standard InChI is InChI=1S/C18H27NO6/c1-9(2)6-10-8-19-5-4-11-13(18(19,24)7-12(10)20)15(22)17(25-3)16(23)14(11)21/h9-10,12,20-24H,4-8H2,1-3H3. The van der Waals surface area contributed by atoms with Gasteiger partial charge in [0.25, 0.3) is 0 Å². The van der Waals surface area contributed by atoms with Gasteiger partial charge in [-0.1, -0.05) is 13.8 Å². The van der Waals surface area contributed by atoms with Gasteiger partial charge in [0, 0.05) is 25.1 Å². The van der Waals surface area contributed by atoms with Crippen molar-refractivity contribution >= 4 is 0 Å². The number of methoxy groups -OCH3 is 1. The molecule has 2 aliphatic heterocycles. The monoisotopic (exact) mass is 353 g/mol. The van der Waals surface area contributed by atoms with Crippen LogP contribution in [-0.2, 0) is 12.1 Å². The van der Waals surface area contributed by atoms with Crippen LogP contribution < -0.4 is 4.74 Å². The van der Waals surface area contributed by atoms with Crippen LogP contribution in [0.4, 0.5) is 0 Å². The van der Waals surface area contributed by atoms with Crippen LogP contribution in [0.1, 0.15) is 37.8 Å². The molecule has 25 heavy (non-hydrogen) atoms. The molecule has 0 amide bonds. The molecule has 0 spiro atoms. The van der Waals surface area contributed by atoms with E-state index in [0.29, 0.717) is 31.0 Å². The second-order valence-electron chi connectivity index (χ2n) is 7.61. The van der Waals surface area contributed by atoms with Crippen LogP contribution in [0.2, 0.25) is 0 Å². The molecule has 140 valence electrons. The van der Waals surface area contributed by atoms with E-state index >= 15 is 0 Å². The molecule has 3 rings (SSSR count). The van der Waals surface area contributed by atoms with Crippen molar-refractivity contribution < 1.29 is 30.3 Å². The molecule has 0 saturated carbocycles. The Kier molecular flexibility index (Phi) is 4.51. The van der Waals surface area contributed by atoms with Crippen LogP contribution >= 0.6 is 0 Å². The van der Waals surface area contributed by atoms with E-state index in [0.717, 1.165) is 6.42 Å². The first-order valence-electron chi connectivity index (χ1n) is 8.70. The molecule has 0 aliphatic carbocycles. The third-order valence-electron chi connectivity index (χ3n) is 5.51. The van der Waals surface area contributed by atoms with Gasteiger partial charge < -0.3 is 30.3 Å². The zero-order valence-electron chi connectivity index (χ0n) is 14.9. The van der Waals surface area contributed by atoms with Crippen LogP contribution in [-0.4, -0.2) is 56.7 Å².